The number of aliphatic imine (C=N–C) groups is 1. The van der Waals surface area contributed by atoms with Crippen LogP contribution in [-0.2, 0) is 78.3 Å². The number of nitrogens with one attached hydrogen (secondary N) is 11. The second kappa shape index (κ2) is 45.5. The maximum absolute atomic E-state index is 15.6. The second-order valence-electron chi connectivity index (χ2n) is 27.4. The lowest BCUT2D eigenvalue weighted by molar-refractivity contribution is -0.144. The van der Waals surface area contributed by atoms with Gasteiger partial charge in [-0.05, 0) is 111 Å². The summed E-state index contributed by atoms with van der Waals surface area (Å²) >= 11 is 2.76. The van der Waals surface area contributed by atoms with Crippen molar-refractivity contribution in [2.75, 3.05) is 43.7 Å². The Morgan fingerprint density at radius 3 is 1.73 bits per heavy atom. The van der Waals surface area contributed by atoms with Crippen LogP contribution in [0.25, 0.3) is 22.2 Å². The van der Waals surface area contributed by atoms with E-state index < -0.39 is 217 Å². The average Bonchev–Trinajstić information content (AvgIpc) is 1.65. The summed E-state index contributed by atoms with van der Waals surface area (Å²) in [6.07, 6.45) is 3.88. The predicted molar refractivity (Wildman–Crippen MR) is 415 cm³/mol. The van der Waals surface area contributed by atoms with Crippen LogP contribution in [0.15, 0.2) is 65.9 Å². The molecule has 0 aliphatic carbocycles. The number of fused-ring (bicyclic) bond motifs is 1. The van der Waals surface area contributed by atoms with Crippen molar-refractivity contribution in [3.63, 3.8) is 0 Å². The monoisotopic (exact) mass is 1620 g/mol. The Morgan fingerprint density at radius 1 is 0.619 bits per heavy atom. The fourth-order valence-corrected chi connectivity index (χ4v) is 13.0. The molecule has 25 N–H and O–H groups in total. The van der Waals surface area contributed by atoms with E-state index in [1.807, 2.05) is 0 Å². The van der Waals surface area contributed by atoms with Crippen LogP contribution in [0.1, 0.15) is 117 Å². The highest BCUT2D eigenvalue weighted by Crippen LogP contribution is 2.31. The number of amides is 14. The second-order valence-corrected chi connectivity index (χ2v) is 29.4. The summed E-state index contributed by atoms with van der Waals surface area (Å²) in [6, 6.07) is -7.52. The van der Waals surface area contributed by atoms with E-state index in [4.69, 9.17) is 34.4 Å². The number of hydrogen-bond donors (Lipinski definition) is 19. The van der Waals surface area contributed by atoms with Crippen molar-refractivity contribution in [3.05, 3.63) is 72.3 Å². The molecule has 2 aromatic heterocycles. The van der Waals surface area contributed by atoms with E-state index in [0.29, 0.717) is 46.4 Å². The van der Waals surface area contributed by atoms with Crippen molar-refractivity contribution < 1.29 is 86.5 Å². The number of aliphatic carboxylic acids is 1. The van der Waals surface area contributed by atoms with Gasteiger partial charge in [-0.15, -0.1) is 5.10 Å². The van der Waals surface area contributed by atoms with Gasteiger partial charge in [0.15, 0.2) is 5.96 Å². The number of thioether (sulfide) groups is 2. The van der Waals surface area contributed by atoms with Gasteiger partial charge in [-0.3, -0.25) is 76.9 Å². The van der Waals surface area contributed by atoms with Crippen LogP contribution < -0.4 is 87.6 Å². The topological polar surface area (TPSA) is 635 Å². The Morgan fingerprint density at radius 2 is 1.14 bits per heavy atom. The molecule has 3 heterocycles. The van der Waals surface area contributed by atoms with Crippen LogP contribution >= 0.6 is 23.5 Å². The summed E-state index contributed by atoms with van der Waals surface area (Å²) in [5.74, 6) is -17.0. The largest absolute Gasteiger partial charge is 0.481 e. The zero-order chi connectivity index (χ0) is 83.9. The Balaban J connectivity index is 1.48. The Labute approximate surface area is 659 Å². The lowest BCUT2D eigenvalue weighted by Crippen LogP contribution is -2.62. The summed E-state index contributed by atoms with van der Waals surface area (Å²) in [5.41, 5.74) is 35.3. The Kier molecular flexibility index (Phi) is 37.3. The number of primary amides is 3. The summed E-state index contributed by atoms with van der Waals surface area (Å²) in [5, 5.41) is 54.5. The van der Waals surface area contributed by atoms with Crippen LogP contribution in [-0.4, -0.2) is 246 Å². The number of carbonyl (C=O) groups is 15. The highest BCUT2D eigenvalue weighted by molar-refractivity contribution is 7.98. The van der Waals surface area contributed by atoms with Crippen LogP contribution in [0.4, 0.5) is 4.39 Å². The molecule has 2 aromatic carbocycles. The molecule has 0 bridgehead atoms. The lowest BCUT2D eigenvalue weighted by atomic mass is 9.96. The van der Waals surface area contributed by atoms with E-state index in [9.17, 15) is 76.9 Å². The first kappa shape index (κ1) is 92.6. The number of carbonyl (C=O) groups excluding carboxylic acids is 14. The standard InChI is InChI=1S/C71H105FN22O17S2/c1-8-35(3)57(89-61(102)43(73)14-12-24-79-71(77)78)69(110)87-49(29-54(74)96)65(106)85-50(30-55(75)97)66(107)90-58(36(4)9-2)70(111)93-32-41(94-33-51(91-92-94)38-16-18-40(72)19-17-38)28-53(93)68(109)86-48(27-39-31-80-44-15-11-10-13-42(39)44)64(105)88-52(34-95)67(108)84-46(20-21-56(98)99)62(103)81-37(5)60(101)83-47(23-26-113-7)63(104)82-45(59(76)100)22-25-112-6/h10-11,13,15-19,31,33,35-37,41,43,45-50,52-53,57-58,80,95H,8-9,12,14,20-30,32,34,73H2,1-7H3,(H2,74,96)(H2,75,97)(H2,76,100)(H,81,103)(H,82,104)(H,83,101)(H,84,108)(H,85,106)(H,86,109)(H,87,110)(H,88,105)(H,89,102)(H,90,107)(H,98,99)(H4,77,78,79)/t35-,36-,37-,41-,43-,45-,46-,47-,48-,49-,50-,52-,53-,57-,58-/m0/s1. The van der Waals surface area contributed by atoms with Gasteiger partial charge < -0.3 is 108 Å². The lowest BCUT2D eigenvalue weighted by Gasteiger charge is -2.33. The van der Waals surface area contributed by atoms with Gasteiger partial charge in [-0.1, -0.05) is 63.9 Å². The third kappa shape index (κ3) is 28.6. The number of carboxylic acids is 1. The first-order valence-electron chi connectivity index (χ1n) is 36.6. The van der Waals surface area contributed by atoms with Gasteiger partial charge in [-0.2, -0.15) is 23.5 Å². The summed E-state index contributed by atoms with van der Waals surface area (Å²) < 4.78 is 15.5. The van der Waals surface area contributed by atoms with Crippen LogP contribution in [0.3, 0.4) is 0 Å². The van der Waals surface area contributed by atoms with Crippen molar-refractivity contribution in [1.29, 1.82) is 0 Å². The summed E-state index contributed by atoms with van der Waals surface area (Å²) in [4.78, 5) is 216. The Bertz CT molecular complexity index is 4030. The maximum Gasteiger partial charge on any atom is 0.303 e. The molecule has 1 aliphatic rings. The van der Waals surface area contributed by atoms with E-state index >= 15 is 9.59 Å². The zero-order valence-corrected chi connectivity index (χ0v) is 65.5. The molecule has 0 spiro atoms. The highest BCUT2D eigenvalue weighted by atomic mass is 32.2. The average molecular weight is 1620 g/mol. The number of rotatable bonds is 48. The van der Waals surface area contributed by atoms with Crippen LogP contribution in [0.5, 0.6) is 0 Å². The summed E-state index contributed by atoms with van der Waals surface area (Å²) in [7, 11) is 0. The summed E-state index contributed by atoms with van der Waals surface area (Å²) in [6.45, 7) is 6.40. The molecule has 1 aliphatic heterocycles. The van der Waals surface area contributed by atoms with E-state index in [-0.39, 0.29) is 63.3 Å². The number of aliphatic hydroxyl groups is 1. The molecule has 14 amide bonds. The number of aliphatic hydroxyl groups excluding tert-OH is 1. The molecule has 15 atom stereocenters. The van der Waals surface area contributed by atoms with Gasteiger partial charge in [0, 0.05) is 55.0 Å². The van der Waals surface area contributed by atoms with E-state index in [1.54, 1.807) is 70.7 Å². The molecular weight excluding hydrogens is 1520 g/mol. The number of H-pyrrole nitrogens is 1. The minimum atomic E-state index is -1.96. The molecule has 0 saturated carbocycles. The number of nitrogens with two attached hydrogens (primary N) is 6. The minimum Gasteiger partial charge on any atom is -0.481 e. The predicted octanol–water partition coefficient (Wildman–Crippen LogP) is -4.11. The van der Waals surface area contributed by atoms with E-state index in [0.717, 1.165) is 4.90 Å². The number of halogens is 1. The molecular formula is C71H105FN22O17S2. The van der Waals surface area contributed by atoms with Crippen molar-refractivity contribution in [1.82, 2.24) is 78.0 Å². The number of benzene rings is 2. The van der Waals surface area contributed by atoms with Crippen molar-refractivity contribution >= 4 is 129 Å². The number of carboxylic acid groups (broad SMARTS) is 1. The minimum absolute atomic E-state index is 0.0812. The number of aromatic amines is 1. The molecule has 620 valence electrons. The third-order valence-electron chi connectivity index (χ3n) is 18.9. The molecule has 0 unspecified atom stereocenters. The van der Waals surface area contributed by atoms with E-state index in [2.05, 4.69) is 73.5 Å². The maximum atomic E-state index is 15.6. The fourth-order valence-electron chi connectivity index (χ4n) is 12.0. The highest BCUT2D eigenvalue weighted by Gasteiger charge is 2.46. The zero-order valence-electron chi connectivity index (χ0n) is 63.9. The molecule has 4 aromatic rings. The number of nitrogens with zero attached hydrogens (tertiary/aromatic N) is 5. The molecule has 39 nitrogen and oxygen atoms in total. The number of para-hydroxylation sites is 1. The van der Waals surface area contributed by atoms with Gasteiger partial charge in [-0.25, -0.2) is 9.07 Å². The van der Waals surface area contributed by atoms with Crippen LogP contribution in [0, 0.1) is 17.7 Å². The van der Waals surface area contributed by atoms with E-state index in [1.165, 1.54) is 65.6 Å². The first-order valence-corrected chi connectivity index (χ1v) is 39.4. The SMILES string of the molecule is CC[C@H](C)[C@H](NC(=O)[C@@H](N)CCCN=C(N)N)C(=O)N[C@@H](CC(N)=O)C(=O)N[C@@H](CC(N)=O)C(=O)N[C@H](C(=O)N1C[C@@H](n2cc(-c3ccc(F)cc3)nn2)C[C@H]1C(=O)N[C@@H](Cc1c[nH]c2ccccc12)C(=O)N[C@@H](CO)C(=O)N[C@@H](CCC(=O)O)C(=O)N[C@@H](C)C(=O)N[C@@H](CCSC)C(=O)N[C@@H](CCSC)C(N)=O)[C@@H](C)CC. The quantitative estimate of drug-likeness (QED) is 0.0114. The molecule has 113 heavy (non-hydrogen) atoms. The number of likely N-dealkylation sites (tertiary alicyclic amines) is 1. The molecule has 0 radical (unpaired) electrons. The van der Waals surface area contributed by atoms with Gasteiger partial charge in [0.25, 0.3) is 0 Å². The van der Waals surface area contributed by atoms with Gasteiger partial charge in [0.2, 0.25) is 82.7 Å². The Hall–Kier alpha value is -11.0. The van der Waals surface area contributed by atoms with Gasteiger partial charge in [0.05, 0.1) is 37.7 Å². The number of guanidine groups is 1. The third-order valence-corrected chi connectivity index (χ3v) is 20.2. The normalized spacial score (nSPS) is 16.7. The van der Waals surface area contributed by atoms with Gasteiger partial charge >= 0.3 is 5.97 Å². The van der Waals surface area contributed by atoms with Crippen molar-refractivity contribution in [2.45, 2.75) is 190 Å². The van der Waals surface area contributed by atoms with Crippen LogP contribution in [0.2, 0.25) is 0 Å². The number of aromatic nitrogens is 4. The fraction of sp³-hybridized carbons (Fsp3) is 0.549. The molecule has 5 rings (SSSR count). The first-order chi connectivity index (χ1) is 53.5. The number of hydrogen-bond acceptors (Lipinski definition) is 22. The molecule has 1 saturated heterocycles. The molecule has 1 fully saturated rings. The van der Waals surface area contributed by atoms with Gasteiger partial charge in [0.1, 0.15) is 78.0 Å². The van der Waals surface area contributed by atoms with Crippen molar-refractivity contribution in [3.8, 4) is 11.3 Å². The van der Waals surface area contributed by atoms with Crippen molar-refractivity contribution in [2.24, 2.45) is 51.2 Å². The molecule has 42 heteroatoms. The smallest absolute Gasteiger partial charge is 0.303 e.